The van der Waals surface area contributed by atoms with Gasteiger partial charge in [0, 0.05) is 37.9 Å². The van der Waals surface area contributed by atoms with E-state index in [2.05, 4.69) is 87.5 Å². The molecule has 0 saturated carbocycles. The number of benzene rings is 2. The van der Waals surface area contributed by atoms with Crippen molar-refractivity contribution in [3.05, 3.63) is 76.9 Å². The Morgan fingerprint density at radius 3 is 2.29 bits per heavy atom. The zero-order valence-corrected chi connectivity index (χ0v) is 13.1. The highest BCUT2D eigenvalue weighted by Gasteiger charge is 2.20. The molecule has 2 aromatic carbocycles. The number of nitrogens with zero attached hydrogens (tertiary/aromatic N) is 1. The second-order valence-corrected chi connectivity index (χ2v) is 5.86. The maximum absolute atomic E-state index is 3.57. The molecule has 104 valence electrons. The first-order chi connectivity index (χ1) is 10.0. The smallest absolute Gasteiger partial charge is 0.132 e. The number of hydrogen-bond acceptors (Lipinski definition) is 1. The summed E-state index contributed by atoms with van der Waals surface area (Å²) in [5, 5.41) is 0. The van der Waals surface area contributed by atoms with Crippen LogP contribution in [0.25, 0.3) is 11.1 Å². The molecule has 0 spiro atoms. The quantitative estimate of drug-likeness (QED) is 0.717. The third kappa shape index (κ3) is 2.61. The van der Waals surface area contributed by atoms with Gasteiger partial charge in [-0.25, -0.2) is 0 Å². The van der Waals surface area contributed by atoms with Gasteiger partial charge in [0.2, 0.25) is 0 Å². The highest BCUT2D eigenvalue weighted by molar-refractivity contribution is 5.88. The zero-order valence-electron chi connectivity index (χ0n) is 13.1. The molecule has 0 unspecified atom stereocenters. The molecule has 21 heavy (non-hydrogen) atoms. The van der Waals surface area contributed by atoms with Crippen molar-refractivity contribution >= 4 is 16.8 Å². The van der Waals surface area contributed by atoms with Crippen LogP contribution in [-0.4, -0.2) is 14.1 Å². The Labute approximate surface area is 127 Å². The molecule has 1 nitrogen and oxygen atoms in total. The lowest BCUT2D eigenvalue weighted by Crippen LogP contribution is -2.09. The van der Waals surface area contributed by atoms with Crippen molar-refractivity contribution in [3.63, 3.8) is 0 Å². The third-order valence-electron chi connectivity index (χ3n) is 3.94. The molecule has 0 aromatic heterocycles. The van der Waals surface area contributed by atoms with Crippen LogP contribution in [0.3, 0.4) is 0 Å². The average Bonchev–Trinajstić information content (AvgIpc) is 2.47. The summed E-state index contributed by atoms with van der Waals surface area (Å²) in [4.78, 5) is 2.13. The van der Waals surface area contributed by atoms with E-state index in [0.717, 1.165) is 5.57 Å². The fraction of sp³-hybridized carbons (Fsp3) is 0.200. The predicted octanol–water partition coefficient (Wildman–Crippen LogP) is 4.71. The minimum absolute atomic E-state index is 1.16. The summed E-state index contributed by atoms with van der Waals surface area (Å²) < 4.78 is 0. The largest absolute Gasteiger partial charge is 0.371 e. The van der Waals surface area contributed by atoms with Crippen LogP contribution in [0.15, 0.2) is 48.5 Å². The fourth-order valence-corrected chi connectivity index (χ4v) is 2.62. The first kappa shape index (κ1) is 13.6. The van der Waals surface area contributed by atoms with Gasteiger partial charge in [0.1, 0.15) is 11.1 Å². The van der Waals surface area contributed by atoms with E-state index >= 15 is 0 Å². The summed E-state index contributed by atoms with van der Waals surface area (Å²) in [6.07, 6.45) is 5.80. The Balaban J connectivity index is 2.09. The molecule has 0 amide bonds. The molecule has 1 aliphatic rings. The third-order valence-corrected chi connectivity index (χ3v) is 3.94. The van der Waals surface area contributed by atoms with Crippen molar-refractivity contribution in [2.45, 2.75) is 13.8 Å². The second-order valence-electron chi connectivity index (χ2n) is 5.86. The molecular weight excluding hydrogens is 254 g/mol. The lowest BCUT2D eigenvalue weighted by atomic mass is 9.89. The number of rotatable bonds is 2. The van der Waals surface area contributed by atoms with Gasteiger partial charge in [-0.15, -0.1) is 0 Å². The van der Waals surface area contributed by atoms with E-state index in [1.54, 1.807) is 0 Å². The van der Waals surface area contributed by atoms with Gasteiger partial charge in [0.25, 0.3) is 0 Å². The van der Waals surface area contributed by atoms with Crippen molar-refractivity contribution < 1.29 is 0 Å². The van der Waals surface area contributed by atoms with Gasteiger partial charge in [-0.1, -0.05) is 12.1 Å². The predicted molar refractivity (Wildman–Crippen MR) is 91.4 cm³/mol. The molecule has 0 bridgehead atoms. The molecule has 3 rings (SSSR count). The van der Waals surface area contributed by atoms with Crippen molar-refractivity contribution in [1.29, 1.82) is 0 Å². The molecule has 0 saturated heterocycles. The highest BCUT2D eigenvalue weighted by atomic mass is 15.1. The maximum atomic E-state index is 3.57. The van der Waals surface area contributed by atoms with Crippen LogP contribution >= 0.6 is 0 Å². The molecule has 1 aliphatic carbocycles. The van der Waals surface area contributed by atoms with E-state index in [9.17, 15) is 0 Å². The SMILES string of the molecule is CC1=CC(c2ccc(C)cc2)=[C+]c2cc(N(C)C)ccc21. The molecule has 0 aliphatic heterocycles. The van der Waals surface area contributed by atoms with Crippen LogP contribution in [0.1, 0.15) is 29.2 Å². The van der Waals surface area contributed by atoms with Crippen molar-refractivity contribution in [2.75, 3.05) is 19.0 Å². The number of anilines is 1. The Morgan fingerprint density at radius 1 is 0.905 bits per heavy atom. The molecule has 1 heteroatoms. The first-order valence-electron chi connectivity index (χ1n) is 7.25. The van der Waals surface area contributed by atoms with Gasteiger partial charge >= 0.3 is 0 Å². The van der Waals surface area contributed by atoms with Crippen molar-refractivity contribution in [2.24, 2.45) is 0 Å². The lowest BCUT2D eigenvalue weighted by molar-refractivity contribution is 1.13. The number of fused-ring (bicyclic) bond motifs is 1. The van der Waals surface area contributed by atoms with E-state index in [1.165, 1.54) is 33.5 Å². The highest BCUT2D eigenvalue weighted by Crippen LogP contribution is 2.32. The Bertz CT molecular complexity index is 731. The number of aryl methyl sites for hydroxylation is 1. The first-order valence-corrected chi connectivity index (χ1v) is 7.25. The average molecular weight is 274 g/mol. The maximum Gasteiger partial charge on any atom is 0.132 e. The van der Waals surface area contributed by atoms with E-state index in [1.807, 2.05) is 0 Å². The summed E-state index contributed by atoms with van der Waals surface area (Å²) in [5.74, 6) is 0. The van der Waals surface area contributed by atoms with Gasteiger partial charge in [-0.2, -0.15) is 0 Å². The summed E-state index contributed by atoms with van der Waals surface area (Å²) in [7, 11) is 4.13. The normalized spacial score (nSPS) is 13.0. The van der Waals surface area contributed by atoms with Crippen LogP contribution in [-0.2, 0) is 0 Å². The molecular formula is C20H20N+. The van der Waals surface area contributed by atoms with Crippen LogP contribution in [0, 0.1) is 13.0 Å². The lowest BCUT2D eigenvalue weighted by Gasteiger charge is -2.14. The van der Waals surface area contributed by atoms with Crippen molar-refractivity contribution in [3.8, 4) is 0 Å². The van der Waals surface area contributed by atoms with Crippen LogP contribution in [0.2, 0.25) is 0 Å². The van der Waals surface area contributed by atoms with Gasteiger partial charge in [0.15, 0.2) is 0 Å². The number of hydrogen-bond donors (Lipinski definition) is 0. The van der Waals surface area contributed by atoms with Gasteiger partial charge in [-0.05, 0) is 43.7 Å². The molecule has 0 fully saturated rings. The van der Waals surface area contributed by atoms with E-state index in [4.69, 9.17) is 0 Å². The van der Waals surface area contributed by atoms with E-state index in [0.29, 0.717) is 0 Å². The van der Waals surface area contributed by atoms with Crippen LogP contribution in [0.5, 0.6) is 0 Å². The van der Waals surface area contributed by atoms with Crippen molar-refractivity contribution in [1.82, 2.24) is 0 Å². The molecule has 0 N–H and O–H groups in total. The summed E-state index contributed by atoms with van der Waals surface area (Å²) in [6.45, 7) is 4.28. The summed E-state index contributed by atoms with van der Waals surface area (Å²) in [5.41, 5.74) is 8.62. The molecule has 0 heterocycles. The molecule has 0 atom stereocenters. The molecule has 2 aromatic rings. The minimum atomic E-state index is 1.16. The Kier molecular flexibility index (Phi) is 3.37. The standard InChI is InChI=1S/C20H20N/c1-14-5-7-16(8-6-14)17-11-15(2)20-10-9-19(21(3)4)13-18(20)12-17/h5-11,13H,1-4H3/q+1. The Hall–Kier alpha value is -2.37. The Morgan fingerprint density at radius 2 is 1.62 bits per heavy atom. The van der Waals surface area contributed by atoms with E-state index in [-0.39, 0.29) is 0 Å². The summed E-state index contributed by atoms with van der Waals surface area (Å²) >= 11 is 0. The fourth-order valence-electron chi connectivity index (χ4n) is 2.62. The second kappa shape index (κ2) is 5.20. The van der Waals surface area contributed by atoms with Crippen LogP contribution in [0.4, 0.5) is 5.69 Å². The zero-order chi connectivity index (χ0) is 15.0. The van der Waals surface area contributed by atoms with Gasteiger partial charge in [0.05, 0.1) is 16.8 Å². The monoisotopic (exact) mass is 274 g/mol. The van der Waals surface area contributed by atoms with Gasteiger partial charge < -0.3 is 4.90 Å². The minimum Gasteiger partial charge on any atom is -0.371 e. The summed E-state index contributed by atoms with van der Waals surface area (Å²) in [6, 6.07) is 15.2. The van der Waals surface area contributed by atoms with Crippen LogP contribution < -0.4 is 4.90 Å². The van der Waals surface area contributed by atoms with E-state index < -0.39 is 0 Å². The van der Waals surface area contributed by atoms with Gasteiger partial charge in [-0.3, -0.25) is 0 Å². The molecule has 0 radical (unpaired) electrons. The topological polar surface area (TPSA) is 3.24 Å². The number of allylic oxidation sites excluding steroid dienone is 3.